The predicted molar refractivity (Wildman–Crippen MR) is 124 cm³/mol. The smallest absolute Gasteiger partial charge is 0.408 e. The van der Waals surface area contributed by atoms with E-state index in [2.05, 4.69) is 15.6 Å². The van der Waals surface area contributed by atoms with Gasteiger partial charge in [-0.05, 0) is 36.0 Å². The Hall–Kier alpha value is -3.32. The van der Waals surface area contributed by atoms with Crippen LogP contribution >= 0.6 is 0 Å². The monoisotopic (exact) mass is 437 g/mol. The van der Waals surface area contributed by atoms with Crippen LogP contribution in [0.2, 0.25) is 0 Å². The van der Waals surface area contributed by atoms with Gasteiger partial charge in [0.05, 0.1) is 12.6 Å². The Bertz CT molecular complexity index is 1020. The van der Waals surface area contributed by atoms with Crippen molar-refractivity contribution in [3.05, 3.63) is 71.9 Å². The summed E-state index contributed by atoms with van der Waals surface area (Å²) in [5.74, 6) is -0.157. The van der Waals surface area contributed by atoms with Crippen LogP contribution in [0.25, 0.3) is 10.9 Å². The van der Waals surface area contributed by atoms with Crippen molar-refractivity contribution in [2.24, 2.45) is 5.92 Å². The first-order valence-corrected chi connectivity index (χ1v) is 10.9. The van der Waals surface area contributed by atoms with E-state index in [9.17, 15) is 14.7 Å². The number of rotatable bonds is 10. The van der Waals surface area contributed by atoms with Crippen molar-refractivity contribution in [1.82, 2.24) is 15.6 Å². The number of aliphatic hydroxyl groups excluding tert-OH is 1. The number of alkyl carbamates (subject to hydrolysis) is 1. The Kier molecular flexibility index (Phi) is 8.27. The second-order valence-electron chi connectivity index (χ2n) is 8.34. The summed E-state index contributed by atoms with van der Waals surface area (Å²) in [6.07, 6.45) is 2.17. The third-order valence-electron chi connectivity index (χ3n) is 5.24. The second-order valence-corrected chi connectivity index (χ2v) is 8.34. The van der Waals surface area contributed by atoms with Crippen molar-refractivity contribution in [2.45, 2.75) is 45.4 Å². The molecule has 0 bridgehead atoms. The Labute approximate surface area is 188 Å². The van der Waals surface area contributed by atoms with E-state index in [-0.39, 0.29) is 25.0 Å². The largest absolute Gasteiger partial charge is 0.445 e. The Morgan fingerprint density at radius 3 is 2.47 bits per heavy atom. The summed E-state index contributed by atoms with van der Waals surface area (Å²) < 4.78 is 5.27. The molecule has 4 N–H and O–H groups in total. The lowest BCUT2D eigenvalue weighted by molar-refractivity contribution is -0.124. The number of ether oxygens (including phenoxy) is 1. The lowest BCUT2D eigenvalue weighted by atomic mass is 10.0. The minimum atomic E-state index is -0.754. The summed E-state index contributed by atoms with van der Waals surface area (Å²) in [7, 11) is 0. The van der Waals surface area contributed by atoms with Gasteiger partial charge in [0, 0.05) is 17.1 Å². The fourth-order valence-corrected chi connectivity index (χ4v) is 3.64. The topological polar surface area (TPSA) is 103 Å². The molecule has 0 aliphatic carbocycles. The number of hydrogen-bond acceptors (Lipinski definition) is 4. The minimum Gasteiger partial charge on any atom is -0.445 e. The van der Waals surface area contributed by atoms with Crippen LogP contribution < -0.4 is 10.6 Å². The third-order valence-corrected chi connectivity index (χ3v) is 5.24. The SMILES string of the molecule is CC(C)C[C@H](NC(=O)OCc1ccccc1)C(=O)N[C@H](CO)Cc1c[nH]c2ccccc12. The number of aliphatic hydroxyl groups is 1. The van der Waals surface area contributed by atoms with Crippen LogP contribution in [0.4, 0.5) is 4.79 Å². The zero-order valence-corrected chi connectivity index (χ0v) is 18.5. The number of carbonyl (C=O) groups excluding carboxylic acids is 2. The van der Waals surface area contributed by atoms with E-state index in [1.54, 1.807) is 0 Å². The predicted octanol–water partition coefficient (Wildman–Crippen LogP) is 3.53. The van der Waals surface area contributed by atoms with Gasteiger partial charge in [-0.3, -0.25) is 4.79 Å². The van der Waals surface area contributed by atoms with Gasteiger partial charge in [-0.15, -0.1) is 0 Å². The summed E-state index contributed by atoms with van der Waals surface area (Å²) in [6.45, 7) is 3.88. The molecule has 170 valence electrons. The molecule has 0 aliphatic heterocycles. The molecule has 0 spiro atoms. The molecule has 7 heteroatoms. The molecule has 3 rings (SSSR count). The number of fused-ring (bicyclic) bond motifs is 1. The van der Waals surface area contributed by atoms with Gasteiger partial charge in [0.25, 0.3) is 0 Å². The van der Waals surface area contributed by atoms with Gasteiger partial charge in [0.1, 0.15) is 12.6 Å². The molecule has 7 nitrogen and oxygen atoms in total. The van der Waals surface area contributed by atoms with Crippen LogP contribution in [0.15, 0.2) is 60.8 Å². The van der Waals surface area contributed by atoms with Gasteiger partial charge in [-0.1, -0.05) is 62.4 Å². The van der Waals surface area contributed by atoms with Crippen LogP contribution in [0, 0.1) is 5.92 Å². The van der Waals surface area contributed by atoms with Crippen LogP contribution in [0.3, 0.4) is 0 Å². The van der Waals surface area contributed by atoms with Crippen molar-refractivity contribution in [2.75, 3.05) is 6.61 Å². The molecule has 32 heavy (non-hydrogen) atoms. The minimum absolute atomic E-state index is 0.127. The van der Waals surface area contributed by atoms with Crippen LogP contribution in [0.1, 0.15) is 31.4 Å². The fraction of sp³-hybridized carbons (Fsp3) is 0.360. The molecule has 0 radical (unpaired) electrons. The summed E-state index contributed by atoms with van der Waals surface area (Å²) in [4.78, 5) is 28.5. The molecule has 1 heterocycles. The Morgan fingerprint density at radius 2 is 1.75 bits per heavy atom. The van der Waals surface area contributed by atoms with Crippen molar-refractivity contribution >= 4 is 22.9 Å². The molecular formula is C25H31N3O4. The number of aromatic amines is 1. The van der Waals surface area contributed by atoms with Gasteiger partial charge < -0.3 is 25.5 Å². The average Bonchev–Trinajstić information content (AvgIpc) is 3.20. The van der Waals surface area contributed by atoms with Crippen LogP contribution in [-0.2, 0) is 22.6 Å². The van der Waals surface area contributed by atoms with Gasteiger partial charge in [-0.2, -0.15) is 0 Å². The Morgan fingerprint density at radius 1 is 1.03 bits per heavy atom. The summed E-state index contributed by atoms with van der Waals surface area (Å²) in [5.41, 5.74) is 2.88. The Balaban J connectivity index is 1.60. The summed E-state index contributed by atoms with van der Waals surface area (Å²) in [6, 6.07) is 16.0. The first-order valence-electron chi connectivity index (χ1n) is 10.9. The molecule has 0 saturated heterocycles. The van der Waals surface area contributed by atoms with Gasteiger partial charge in [-0.25, -0.2) is 4.79 Å². The average molecular weight is 438 g/mol. The lowest BCUT2D eigenvalue weighted by Gasteiger charge is -2.23. The van der Waals surface area contributed by atoms with Gasteiger partial charge in [0.15, 0.2) is 0 Å². The maximum atomic E-state index is 12.9. The normalized spacial score (nSPS) is 13.0. The number of hydrogen-bond donors (Lipinski definition) is 4. The highest BCUT2D eigenvalue weighted by Gasteiger charge is 2.25. The number of nitrogens with one attached hydrogen (secondary N) is 3. The highest BCUT2D eigenvalue weighted by Crippen LogP contribution is 2.19. The third kappa shape index (κ3) is 6.59. The van der Waals surface area contributed by atoms with E-state index >= 15 is 0 Å². The summed E-state index contributed by atoms with van der Waals surface area (Å²) >= 11 is 0. The molecular weight excluding hydrogens is 406 g/mol. The zero-order chi connectivity index (χ0) is 22.9. The lowest BCUT2D eigenvalue weighted by Crippen LogP contribution is -2.51. The van der Waals surface area contributed by atoms with E-state index in [0.29, 0.717) is 12.8 Å². The van der Waals surface area contributed by atoms with Crippen LogP contribution in [-0.4, -0.2) is 40.8 Å². The fourth-order valence-electron chi connectivity index (χ4n) is 3.64. The molecule has 0 unspecified atom stereocenters. The number of benzene rings is 2. The van der Waals surface area contributed by atoms with E-state index < -0.39 is 18.2 Å². The molecule has 0 fully saturated rings. The van der Waals surface area contributed by atoms with Crippen LogP contribution in [0.5, 0.6) is 0 Å². The van der Waals surface area contributed by atoms with Gasteiger partial charge >= 0.3 is 6.09 Å². The molecule has 2 atom stereocenters. The number of amides is 2. The second kappa shape index (κ2) is 11.3. The van der Waals surface area contributed by atoms with Crippen molar-refractivity contribution in [3.8, 4) is 0 Å². The van der Waals surface area contributed by atoms with Gasteiger partial charge in [0.2, 0.25) is 5.91 Å². The molecule has 3 aromatic rings. The highest BCUT2D eigenvalue weighted by atomic mass is 16.5. The van der Waals surface area contributed by atoms with Crippen molar-refractivity contribution in [3.63, 3.8) is 0 Å². The zero-order valence-electron chi connectivity index (χ0n) is 18.5. The number of H-pyrrole nitrogens is 1. The number of para-hydroxylation sites is 1. The number of carbonyl (C=O) groups is 2. The molecule has 2 aromatic carbocycles. The van der Waals surface area contributed by atoms with E-state index in [0.717, 1.165) is 22.0 Å². The highest BCUT2D eigenvalue weighted by molar-refractivity contribution is 5.86. The maximum absolute atomic E-state index is 12.9. The molecule has 0 aliphatic rings. The van der Waals surface area contributed by atoms with E-state index in [4.69, 9.17) is 4.74 Å². The quantitative estimate of drug-likeness (QED) is 0.390. The van der Waals surface area contributed by atoms with E-state index in [1.807, 2.05) is 74.6 Å². The number of aromatic nitrogens is 1. The first-order chi connectivity index (χ1) is 15.5. The van der Waals surface area contributed by atoms with Crippen molar-refractivity contribution < 1.29 is 19.4 Å². The molecule has 1 aromatic heterocycles. The molecule has 2 amide bonds. The van der Waals surface area contributed by atoms with Crippen molar-refractivity contribution in [1.29, 1.82) is 0 Å². The first kappa shape index (κ1) is 23.3. The summed E-state index contributed by atoms with van der Waals surface area (Å²) in [5, 5.41) is 16.5. The van der Waals surface area contributed by atoms with E-state index in [1.165, 1.54) is 0 Å². The molecule has 0 saturated carbocycles. The standard InChI is InChI=1S/C25H31N3O4/c1-17(2)12-23(28-25(31)32-16-18-8-4-3-5-9-18)24(30)27-20(15-29)13-19-14-26-22-11-7-6-10-21(19)22/h3-11,14,17,20,23,26,29H,12-13,15-16H2,1-2H3,(H,27,30)(H,28,31)/t20-,23-/m0/s1. The maximum Gasteiger partial charge on any atom is 0.408 e.